The Balaban J connectivity index is 1.79. The number of hydrogen-bond donors (Lipinski definition) is 0. The van der Waals surface area contributed by atoms with Gasteiger partial charge in [-0.2, -0.15) is 0 Å². The molecule has 1 fully saturated rings. The lowest BCUT2D eigenvalue weighted by atomic mass is 9.66. The predicted molar refractivity (Wildman–Crippen MR) is 120 cm³/mol. The first-order valence-corrected chi connectivity index (χ1v) is 11.2. The molecule has 1 aliphatic carbocycles. The van der Waals surface area contributed by atoms with Gasteiger partial charge in [0.25, 0.3) is 0 Å². The maximum Gasteiger partial charge on any atom is 0.339 e. The van der Waals surface area contributed by atoms with E-state index in [1.165, 1.54) is 56.9 Å². The molecule has 4 rings (SSSR count). The number of pyridine rings is 1. The van der Waals surface area contributed by atoms with Gasteiger partial charge >= 0.3 is 5.63 Å². The molecule has 1 aromatic carbocycles. The van der Waals surface area contributed by atoms with Crippen LogP contribution in [-0.4, -0.2) is 12.1 Å². The summed E-state index contributed by atoms with van der Waals surface area (Å²) in [5, 5.41) is 0.855. The van der Waals surface area contributed by atoms with Crippen LogP contribution in [-0.2, 0) is 11.8 Å². The Labute approximate surface area is 178 Å². The standard InChI is InChI=1S/C26H31NO3/c1-3-4-11-26(12-7-5-8-13-26)20-17-23(29-2)22-16-19(25(28)30-24(22)18-20)15-21-10-6-9-14-27-21/h6,9-10,14,16-18H,3-5,7-8,11-13,15H2,1-2H3. The van der Waals surface area contributed by atoms with E-state index < -0.39 is 0 Å². The van der Waals surface area contributed by atoms with Crippen molar-refractivity contribution in [1.82, 2.24) is 4.98 Å². The summed E-state index contributed by atoms with van der Waals surface area (Å²) in [5.41, 5.74) is 3.21. The van der Waals surface area contributed by atoms with Crippen LogP contribution in [0.4, 0.5) is 0 Å². The highest BCUT2D eigenvalue weighted by Crippen LogP contribution is 2.45. The number of rotatable bonds is 7. The molecule has 30 heavy (non-hydrogen) atoms. The Morgan fingerprint density at radius 3 is 2.67 bits per heavy atom. The third kappa shape index (κ3) is 4.14. The van der Waals surface area contributed by atoms with Gasteiger partial charge in [-0.15, -0.1) is 0 Å². The maximum absolute atomic E-state index is 12.7. The van der Waals surface area contributed by atoms with Gasteiger partial charge in [0, 0.05) is 23.9 Å². The van der Waals surface area contributed by atoms with E-state index in [4.69, 9.17) is 9.15 Å². The van der Waals surface area contributed by atoms with Crippen LogP contribution in [0.2, 0.25) is 0 Å². The Morgan fingerprint density at radius 1 is 1.13 bits per heavy atom. The van der Waals surface area contributed by atoms with Crippen molar-refractivity contribution < 1.29 is 9.15 Å². The average Bonchev–Trinajstić information content (AvgIpc) is 2.79. The van der Waals surface area contributed by atoms with Crippen molar-refractivity contribution in [2.24, 2.45) is 0 Å². The summed E-state index contributed by atoms with van der Waals surface area (Å²) in [6.45, 7) is 2.25. The summed E-state index contributed by atoms with van der Waals surface area (Å²) in [5.74, 6) is 0.787. The minimum absolute atomic E-state index is 0.168. The topological polar surface area (TPSA) is 52.3 Å². The Morgan fingerprint density at radius 2 is 1.97 bits per heavy atom. The minimum atomic E-state index is -0.293. The smallest absolute Gasteiger partial charge is 0.339 e. The number of nitrogens with zero attached hydrogens (tertiary/aromatic N) is 1. The second kappa shape index (κ2) is 9.03. The SMILES string of the molecule is CCCCC1(c2cc(OC)c3cc(Cc4ccccn4)c(=O)oc3c2)CCCCC1. The lowest BCUT2D eigenvalue weighted by Gasteiger charge is -2.38. The number of aromatic nitrogens is 1. The number of unbranched alkanes of at least 4 members (excludes halogenated alkanes) is 1. The molecule has 2 heterocycles. The molecule has 0 spiro atoms. The van der Waals surface area contributed by atoms with Gasteiger partial charge in [-0.05, 0) is 60.6 Å². The third-order valence-corrected chi connectivity index (χ3v) is 6.64. The number of methoxy groups -OCH3 is 1. The normalized spacial score (nSPS) is 15.9. The zero-order valence-corrected chi connectivity index (χ0v) is 18.1. The minimum Gasteiger partial charge on any atom is -0.496 e. The highest BCUT2D eigenvalue weighted by Gasteiger charge is 2.34. The van der Waals surface area contributed by atoms with E-state index in [0.29, 0.717) is 17.6 Å². The second-order valence-electron chi connectivity index (χ2n) is 8.59. The first-order valence-electron chi connectivity index (χ1n) is 11.2. The summed E-state index contributed by atoms with van der Waals surface area (Å²) >= 11 is 0. The molecule has 0 atom stereocenters. The van der Waals surface area contributed by atoms with Crippen LogP contribution < -0.4 is 10.4 Å². The first kappa shape index (κ1) is 20.6. The maximum atomic E-state index is 12.7. The van der Waals surface area contributed by atoms with Crippen LogP contribution in [0.3, 0.4) is 0 Å². The van der Waals surface area contributed by atoms with Crippen LogP contribution in [0.1, 0.15) is 75.1 Å². The zero-order valence-electron chi connectivity index (χ0n) is 18.1. The van der Waals surface area contributed by atoms with Gasteiger partial charge in [-0.3, -0.25) is 4.98 Å². The van der Waals surface area contributed by atoms with Crippen molar-refractivity contribution in [2.75, 3.05) is 7.11 Å². The number of hydrogen-bond acceptors (Lipinski definition) is 4. The summed E-state index contributed by atoms with van der Waals surface area (Å²) in [6, 6.07) is 11.9. The van der Waals surface area contributed by atoms with Gasteiger partial charge < -0.3 is 9.15 Å². The summed E-state index contributed by atoms with van der Waals surface area (Å²) in [4.78, 5) is 17.1. The lowest BCUT2D eigenvalue weighted by molar-refractivity contribution is 0.266. The average molecular weight is 406 g/mol. The molecule has 0 saturated heterocycles. The molecule has 1 aliphatic rings. The molecule has 4 heteroatoms. The Bertz CT molecular complexity index is 1050. The van der Waals surface area contributed by atoms with Gasteiger partial charge in [0.05, 0.1) is 12.5 Å². The van der Waals surface area contributed by atoms with Crippen molar-refractivity contribution in [3.05, 3.63) is 69.8 Å². The van der Waals surface area contributed by atoms with Gasteiger partial charge in [0.1, 0.15) is 11.3 Å². The molecular weight excluding hydrogens is 374 g/mol. The van der Waals surface area contributed by atoms with E-state index >= 15 is 0 Å². The van der Waals surface area contributed by atoms with Crippen molar-refractivity contribution in [3.63, 3.8) is 0 Å². The van der Waals surface area contributed by atoms with E-state index in [9.17, 15) is 4.79 Å². The van der Waals surface area contributed by atoms with Crippen LogP contribution in [0.25, 0.3) is 11.0 Å². The van der Waals surface area contributed by atoms with Gasteiger partial charge in [0.15, 0.2) is 0 Å². The molecule has 0 unspecified atom stereocenters. The second-order valence-corrected chi connectivity index (χ2v) is 8.59. The largest absolute Gasteiger partial charge is 0.496 e. The zero-order chi connectivity index (χ0) is 21.0. The highest BCUT2D eigenvalue weighted by molar-refractivity contribution is 5.85. The molecule has 158 valence electrons. The fourth-order valence-electron chi connectivity index (χ4n) is 4.95. The van der Waals surface area contributed by atoms with E-state index in [-0.39, 0.29) is 11.0 Å². The number of benzene rings is 1. The fourth-order valence-corrected chi connectivity index (χ4v) is 4.95. The van der Waals surface area contributed by atoms with Crippen LogP contribution in [0.5, 0.6) is 5.75 Å². The highest BCUT2D eigenvalue weighted by atomic mass is 16.5. The molecule has 0 radical (unpaired) electrons. The number of ether oxygens (including phenoxy) is 1. The van der Waals surface area contributed by atoms with E-state index in [2.05, 4.69) is 24.0 Å². The van der Waals surface area contributed by atoms with Gasteiger partial charge in [-0.25, -0.2) is 4.79 Å². The van der Waals surface area contributed by atoms with Crippen LogP contribution in [0, 0.1) is 0 Å². The van der Waals surface area contributed by atoms with Crippen LogP contribution >= 0.6 is 0 Å². The van der Waals surface area contributed by atoms with Crippen LogP contribution in [0.15, 0.2) is 51.8 Å². The fraction of sp³-hybridized carbons (Fsp3) is 0.462. The predicted octanol–water partition coefficient (Wildman–Crippen LogP) is 6.18. The number of fused-ring (bicyclic) bond motifs is 1. The molecular formula is C26H31NO3. The molecule has 0 amide bonds. The Kier molecular flexibility index (Phi) is 6.21. The summed E-state index contributed by atoms with van der Waals surface area (Å²) in [6.07, 6.45) is 12.0. The van der Waals surface area contributed by atoms with E-state index in [0.717, 1.165) is 16.8 Å². The summed E-state index contributed by atoms with van der Waals surface area (Å²) < 4.78 is 11.6. The molecule has 0 N–H and O–H groups in total. The quantitative estimate of drug-likeness (QED) is 0.441. The first-order chi connectivity index (χ1) is 14.6. The lowest BCUT2D eigenvalue weighted by Crippen LogP contribution is -2.29. The monoisotopic (exact) mass is 405 g/mol. The van der Waals surface area contributed by atoms with Gasteiger partial charge in [-0.1, -0.05) is 45.1 Å². The van der Waals surface area contributed by atoms with Gasteiger partial charge in [0.2, 0.25) is 0 Å². The molecule has 3 aromatic rings. The Hall–Kier alpha value is -2.62. The summed E-state index contributed by atoms with van der Waals surface area (Å²) in [7, 11) is 1.70. The van der Waals surface area contributed by atoms with E-state index in [1.807, 2.05) is 24.3 Å². The molecule has 0 aliphatic heterocycles. The molecule has 4 nitrogen and oxygen atoms in total. The third-order valence-electron chi connectivity index (χ3n) is 6.64. The molecule has 0 bridgehead atoms. The van der Waals surface area contributed by atoms with Crippen molar-refractivity contribution in [3.8, 4) is 5.75 Å². The van der Waals surface area contributed by atoms with Crippen molar-refractivity contribution in [1.29, 1.82) is 0 Å². The van der Waals surface area contributed by atoms with E-state index in [1.54, 1.807) is 13.3 Å². The van der Waals surface area contributed by atoms with Crippen molar-refractivity contribution in [2.45, 2.75) is 70.1 Å². The molecule has 2 aromatic heterocycles. The van der Waals surface area contributed by atoms with Crippen molar-refractivity contribution >= 4 is 11.0 Å². The molecule has 1 saturated carbocycles.